The van der Waals surface area contributed by atoms with Crippen molar-refractivity contribution in [2.45, 2.75) is 44.8 Å². The van der Waals surface area contributed by atoms with Crippen molar-refractivity contribution in [1.82, 2.24) is 9.80 Å². The van der Waals surface area contributed by atoms with Gasteiger partial charge in [0.1, 0.15) is 12.2 Å². The van der Waals surface area contributed by atoms with Gasteiger partial charge < -0.3 is 24.6 Å². The number of amides is 3. The lowest BCUT2D eigenvalue weighted by atomic mass is 9.98. The number of anilines is 1. The molecule has 9 heteroatoms. The molecule has 0 radical (unpaired) electrons. The highest BCUT2D eigenvalue weighted by Crippen LogP contribution is 2.44. The monoisotopic (exact) mass is 619 g/mol. The first-order valence-corrected chi connectivity index (χ1v) is 14.5. The number of ether oxygens (including phenoxy) is 2. The molecule has 3 aromatic carbocycles. The zero-order chi connectivity index (χ0) is 29.1. The van der Waals surface area contributed by atoms with Crippen molar-refractivity contribution in [1.29, 1.82) is 0 Å². The van der Waals surface area contributed by atoms with Gasteiger partial charge in [-0.05, 0) is 71.1 Å². The van der Waals surface area contributed by atoms with Crippen LogP contribution in [0.3, 0.4) is 0 Å². The number of fused-ring (bicyclic) bond motifs is 3. The first-order chi connectivity index (χ1) is 19.6. The third kappa shape index (κ3) is 6.56. The number of hydrogen-bond acceptors (Lipinski definition) is 5. The van der Waals surface area contributed by atoms with E-state index in [9.17, 15) is 14.4 Å². The SMILES string of the molecule is CC(C)(C)OC(=O)N1CCN(C(=O)OCC2c3ccccc3-c3ccccc32)C(CC(=O)Nc2ccccc2Br)C1. The number of hydrogen-bond donors (Lipinski definition) is 1. The van der Waals surface area contributed by atoms with Gasteiger partial charge in [-0.25, -0.2) is 9.59 Å². The van der Waals surface area contributed by atoms with Gasteiger partial charge >= 0.3 is 12.2 Å². The van der Waals surface area contributed by atoms with Crippen LogP contribution in [0.25, 0.3) is 11.1 Å². The van der Waals surface area contributed by atoms with E-state index in [0.29, 0.717) is 5.69 Å². The Bertz CT molecular complexity index is 1410. The maximum atomic E-state index is 13.5. The molecule has 3 aromatic rings. The molecule has 41 heavy (non-hydrogen) atoms. The standard InChI is InChI=1S/C32H34BrN3O5/c1-32(2,3)41-30(38)35-16-17-36(21(19-35)18-29(37)34-28-15-9-8-14-27(28)33)31(39)40-20-26-24-12-6-4-10-22(24)23-11-5-7-13-25(23)26/h4-15,21,26H,16-20H2,1-3H3,(H,34,37). The second kappa shape index (κ2) is 11.9. The lowest BCUT2D eigenvalue weighted by Crippen LogP contribution is -2.58. The summed E-state index contributed by atoms with van der Waals surface area (Å²) in [7, 11) is 0. The van der Waals surface area contributed by atoms with Gasteiger partial charge in [-0.2, -0.15) is 0 Å². The fourth-order valence-electron chi connectivity index (χ4n) is 5.42. The first kappa shape index (κ1) is 28.7. The Morgan fingerprint density at radius 3 is 2.12 bits per heavy atom. The van der Waals surface area contributed by atoms with Crippen molar-refractivity contribution in [2.24, 2.45) is 0 Å². The van der Waals surface area contributed by atoms with Crippen molar-refractivity contribution < 1.29 is 23.9 Å². The van der Waals surface area contributed by atoms with Crippen LogP contribution < -0.4 is 5.32 Å². The van der Waals surface area contributed by atoms with Gasteiger partial charge in [-0.3, -0.25) is 4.79 Å². The molecule has 1 atom stereocenters. The molecule has 1 aliphatic carbocycles. The van der Waals surface area contributed by atoms with Gasteiger partial charge in [0, 0.05) is 36.4 Å². The van der Waals surface area contributed by atoms with Crippen LogP contribution in [0.5, 0.6) is 0 Å². The quantitative estimate of drug-likeness (QED) is 0.345. The summed E-state index contributed by atoms with van der Waals surface area (Å²) < 4.78 is 12.2. The number of piperazine rings is 1. The number of carbonyl (C=O) groups excluding carboxylic acids is 3. The Kier molecular flexibility index (Phi) is 8.35. The predicted octanol–water partition coefficient (Wildman–Crippen LogP) is 6.65. The molecule has 1 aliphatic heterocycles. The number of nitrogens with one attached hydrogen (secondary N) is 1. The van der Waals surface area contributed by atoms with Crippen LogP contribution in [-0.2, 0) is 14.3 Å². The van der Waals surface area contributed by atoms with E-state index in [-0.39, 0.29) is 44.5 Å². The average molecular weight is 621 g/mol. The summed E-state index contributed by atoms with van der Waals surface area (Å²) in [5.41, 5.74) is 4.52. The molecule has 0 aromatic heterocycles. The zero-order valence-corrected chi connectivity index (χ0v) is 25.0. The third-order valence-electron chi connectivity index (χ3n) is 7.27. The molecule has 5 rings (SSSR count). The van der Waals surface area contributed by atoms with E-state index >= 15 is 0 Å². The Hall–Kier alpha value is -3.85. The van der Waals surface area contributed by atoms with Crippen molar-refractivity contribution in [2.75, 3.05) is 31.6 Å². The molecule has 1 N–H and O–H groups in total. The van der Waals surface area contributed by atoms with Crippen LogP contribution in [0.15, 0.2) is 77.3 Å². The molecule has 0 saturated carbocycles. The minimum absolute atomic E-state index is 0.00910. The number of halogens is 1. The highest BCUT2D eigenvalue weighted by Gasteiger charge is 2.37. The highest BCUT2D eigenvalue weighted by molar-refractivity contribution is 9.10. The fourth-order valence-corrected chi connectivity index (χ4v) is 5.80. The Labute approximate surface area is 248 Å². The summed E-state index contributed by atoms with van der Waals surface area (Å²) >= 11 is 3.45. The third-order valence-corrected chi connectivity index (χ3v) is 7.97. The van der Waals surface area contributed by atoms with E-state index in [1.54, 1.807) is 36.6 Å². The molecule has 0 spiro atoms. The molecule has 1 unspecified atom stereocenters. The molecule has 1 fully saturated rings. The Morgan fingerprint density at radius 1 is 0.878 bits per heavy atom. The smallest absolute Gasteiger partial charge is 0.410 e. The van der Waals surface area contributed by atoms with Crippen LogP contribution in [0, 0.1) is 0 Å². The maximum absolute atomic E-state index is 13.5. The lowest BCUT2D eigenvalue weighted by molar-refractivity contribution is -0.117. The molecule has 2 aliphatic rings. The molecular weight excluding hydrogens is 586 g/mol. The van der Waals surface area contributed by atoms with Crippen molar-refractivity contribution in [3.05, 3.63) is 88.4 Å². The second-order valence-electron chi connectivity index (χ2n) is 11.3. The molecule has 1 saturated heterocycles. The predicted molar refractivity (Wildman–Crippen MR) is 161 cm³/mol. The van der Waals surface area contributed by atoms with Crippen LogP contribution in [0.1, 0.15) is 44.2 Å². The van der Waals surface area contributed by atoms with Crippen LogP contribution in [-0.4, -0.2) is 65.8 Å². The largest absolute Gasteiger partial charge is 0.448 e. The van der Waals surface area contributed by atoms with Crippen molar-refractivity contribution in [3.63, 3.8) is 0 Å². The van der Waals surface area contributed by atoms with Gasteiger partial charge in [0.05, 0.1) is 11.7 Å². The van der Waals surface area contributed by atoms with E-state index < -0.39 is 23.8 Å². The Balaban J connectivity index is 1.31. The van der Waals surface area contributed by atoms with Gasteiger partial charge in [-0.15, -0.1) is 0 Å². The summed E-state index contributed by atoms with van der Waals surface area (Å²) in [5.74, 6) is -0.351. The number of benzene rings is 3. The van der Waals surface area contributed by atoms with E-state index in [1.165, 1.54) is 0 Å². The summed E-state index contributed by atoms with van der Waals surface area (Å²) in [4.78, 5) is 42.6. The number of nitrogens with zero attached hydrogens (tertiary/aromatic N) is 2. The van der Waals surface area contributed by atoms with Crippen LogP contribution in [0.2, 0.25) is 0 Å². The summed E-state index contributed by atoms with van der Waals surface area (Å²) in [5, 5.41) is 2.90. The molecule has 3 amide bonds. The van der Waals surface area contributed by atoms with Gasteiger partial charge in [0.2, 0.25) is 5.91 Å². The summed E-state index contributed by atoms with van der Waals surface area (Å²) in [6, 6.07) is 23.1. The van der Waals surface area contributed by atoms with E-state index in [2.05, 4.69) is 45.5 Å². The zero-order valence-electron chi connectivity index (χ0n) is 23.4. The fraction of sp³-hybridized carbons (Fsp3) is 0.344. The van der Waals surface area contributed by atoms with Gasteiger partial charge in [0.15, 0.2) is 0 Å². The molecule has 0 bridgehead atoms. The topological polar surface area (TPSA) is 88.2 Å². The van der Waals surface area contributed by atoms with Crippen molar-refractivity contribution in [3.8, 4) is 11.1 Å². The normalized spacial score (nSPS) is 16.5. The highest BCUT2D eigenvalue weighted by atomic mass is 79.9. The van der Waals surface area contributed by atoms with E-state index in [4.69, 9.17) is 9.47 Å². The number of carbonyl (C=O) groups is 3. The summed E-state index contributed by atoms with van der Waals surface area (Å²) in [6.45, 7) is 6.25. The lowest BCUT2D eigenvalue weighted by Gasteiger charge is -2.40. The van der Waals surface area contributed by atoms with E-state index in [1.807, 2.05) is 42.5 Å². The molecule has 214 valence electrons. The Morgan fingerprint density at radius 2 is 1.49 bits per heavy atom. The molecule has 8 nitrogen and oxygen atoms in total. The first-order valence-electron chi connectivity index (χ1n) is 13.7. The number of para-hydroxylation sites is 1. The maximum Gasteiger partial charge on any atom is 0.410 e. The van der Waals surface area contributed by atoms with Crippen LogP contribution >= 0.6 is 15.9 Å². The van der Waals surface area contributed by atoms with Crippen molar-refractivity contribution >= 4 is 39.7 Å². The second-order valence-corrected chi connectivity index (χ2v) is 12.2. The molecular formula is C32H34BrN3O5. The average Bonchev–Trinajstić information content (AvgIpc) is 3.25. The summed E-state index contributed by atoms with van der Waals surface area (Å²) in [6.07, 6.45) is -0.986. The van der Waals surface area contributed by atoms with E-state index in [0.717, 1.165) is 26.7 Å². The molecule has 1 heterocycles. The van der Waals surface area contributed by atoms with Crippen LogP contribution in [0.4, 0.5) is 15.3 Å². The van der Waals surface area contributed by atoms with Gasteiger partial charge in [0.25, 0.3) is 0 Å². The van der Waals surface area contributed by atoms with Gasteiger partial charge in [-0.1, -0.05) is 60.7 Å². The minimum atomic E-state index is -0.659. The number of rotatable bonds is 5. The minimum Gasteiger partial charge on any atom is -0.448 e.